The van der Waals surface area contributed by atoms with Gasteiger partial charge in [0.15, 0.2) is 0 Å². The SMILES string of the molecule is N#CCCOP(=O)(OCCCl)OCCOCCOCCOP(=O)(OCCCl)OCCCl. The predicted octanol–water partition coefficient (Wildman–Crippen LogP) is 3.97. The Labute approximate surface area is 197 Å². The molecule has 0 rings (SSSR count). The van der Waals surface area contributed by atoms with Gasteiger partial charge in [-0.2, -0.15) is 5.26 Å². The van der Waals surface area contributed by atoms with Gasteiger partial charge >= 0.3 is 15.6 Å². The highest BCUT2D eigenvalue weighted by Gasteiger charge is 2.27. The van der Waals surface area contributed by atoms with Gasteiger partial charge in [0.05, 0.1) is 78.6 Å². The summed E-state index contributed by atoms with van der Waals surface area (Å²) >= 11 is 16.5. The van der Waals surface area contributed by atoms with Crippen LogP contribution >= 0.6 is 50.4 Å². The van der Waals surface area contributed by atoms with Gasteiger partial charge in [-0.15, -0.1) is 34.8 Å². The number of nitriles is 1. The fourth-order valence-corrected chi connectivity index (χ4v) is 4.46. The van der Waals surface area contributed by atoms with Crippen LogP contribution in [-0.2, 0) is 45.7 Å². The molecule has 0 N–H and O–H groups in total. The van der Waals surface area contributed by atoms with Crippen LogP contribution in [0.2, 0.25) is 0 Å². The topological polar surface area (TPSA) is 132 Å². The van der Waals surface area contributed by atoms with Crippen LogP contribution < -0.4 is 0 Å². The van der Waals surface area contributed by atoms with Crippen LogP contribution in [0.15, 0.2) is 0 Å². The first-order chi connectivity index (χ1) is 14.9. The van der Waals surface area contributed by atoms with Gasteiger partial charge in [-0.25, -0.2) is 9.13 Å². The van der Waals surface area contributed by atoms with Crippen molar-refractivity contribution in [3.63, 3.8) is 0 Å². The Morgan fingerprint density at radius 3 is 1.23 bits per heavy atom. The molecule has 0 aliphatic carbocycles. The fourth-order valence-electron chi connectivity index (χ4n) is 1.60. The number of hydrogen-bond donors (Lipinski definition) is 0. The fraction of sp³-hybridized carbons (Fsp3) is 0.933. The molecule has 0 amide bonds. The minimum Gasteiger partial charge on any atom is -0.377 e. The van der Waals surface area contributed by atoms with Gasteiger partial charge in [-0.3, -0.25) is 27.1 Å². The molecule has 0 bridgehead atoms. The van der Waals surface area contributed by atoms with E-state index in [-0.39, 0.29) is 90.1 Å². The first kappa shape index (κ1) is 31.5. The minimum atomic E-state index is -3.80. The second-order valence-electron chi connectivity index (χ2n) is 5.09. The summed E-state index contributed by atoms with van der Waals surface area (Å²) in [5.74, 6) is 0.379. The molecule has 1 atom stereocenters. The highest BCUT2D eigenvalue weighted by atomic mass is 35.5. The van der Waals surface area contributed by atoms with E-state index in [1.54, 1.807) is 0 Å². The molecule has 0 aromatic heterocycles. The van der Waals surface area contributed by atoms with Crippen LogP contribution in [0.3, 0.4) is 0 Å². The number of ether oxygens (including phenoxy) is 2. The van der Waals surface area contributed by atoms with E-state index < -0.39 is 15.6 Å². The molecule has 0 saturated heterocycles. The Hall–Kier alpha value is 0.500. The van der Waals surface area contributed by atoms with E-state index in [1.807, 2.05) is 6.07 Å². The van der Waals surface area contributed by atoms with Gasteiger partial charge < -0.3 is 9.47 Å². The number of halogens is 3. The maximum Gasteiger partial charge on any atom is 0.474 e. The summed E-state index contributed by atoms with van der Waals surface area (Å²) in [6.45, 7) is 0.454. The monoisotopic (exact) mass is 549 g/mol. The molecule has 0 spiro atoms. The van der Waals surface area contributed by atoms with Crippen molar-refractivity contribution in [1.82, 2.24) is 0 Å². The van der Waals surface area contributed by atoms with Crippen molar-refractivity contribution < 1.29 is 45.7 Å². The third-order valence-electron chi connectivity index (χ3n) is 2.77. The number of phosphoric acid groups is 2. The van der Waals surface area contributed by atoms with Crippen molar-refractivity contribution in [1.29, 1.82) is 5.26 Å². The number of rotatable bonds is 23. The summed E-state index contributed by atoms with van der Waals surface area (Å²) in [6.07, 6.45) is 0.0439. The summed E-state index contributed by atoms with van der Waals surface area (Å²) in [5, 5.41) is 8.50. The van der Waals surface area contributed by atoms with Crippen LogP contribution in [0.5, 0.6) is 0 Å². The van der Waals surface area contributed by atoms with Crippen LogP contribution in [0.25, 0.3) is 0 Å². The van der Waals surface area contributed by atoms with E-state index in [2.05, 4.69) is 0 Å². The average Bonchev–Trinajstić information content (AvgIpc) is 2.76. The quantitative estimate of drug-likeness (QED) is 0.104. The second-order valence-corrected chi connectivity index (χ2v) is 9.57. The van der Waals surface area contributed by atoms with Gasteiger partial charge in [0.2, 0.25) is 0 Å². The molecule has 0 aromatic rings. The van der Waals surface area contributed by atoms with Gasteiger partial charge in [0.25, 0.3) is 0 Å². The van der Waals surface area contributed by atoms with Crippen molar-refractivity contribution in [3.05, 3.63) is 0 Å². The van der Waals surface area contributed by atoms with E-state index in [4.69, 9.17) is 76.7 Å². The largest absolute Gasteiger partial charge is 0.474 e. The molecule has 0 aliphatic heterocycles. The van der Waals surface area contributed by atoms with Crippen molar-refractivity contribution in [2.75, 3.05) is 83.7 Å². The minimum absolute atomic E-state index is 0.00506. The van der Waals surface area contributed by atoms with E-state index >= 15 is 0 Å². The Bertz CT molecular complexity index is 558. The lowest BCUT2D eigenvalue weighted by atomic mass is 10.5. The zero-order valence-corrected chi connectivity index (χ0v) is 21.0. The number of alkyl halides is 3. The van der Waals surface area contributed by atoms with Crippen molar-refractivity contribution in [2.45, 2.75) is 6.42 Å². The summed E-state index contributed by atoms with van der Waals surface area (Å²) < 4.78 is 65.3. The normalized spacial score (nSPS) is 13.7. The maximum atomic E-state index is 12.3. The molecule has 0 heterocycles. The Morgan fingerprint density at radius 2 is 0.871 bits per heavy atom. The summed E-state index contributed by atoms with van der Waals surface area (Å²) in [6, 6.07) is 1.86. The van der Waals surface area contributed by atoms with E-state index in [9.17, 15) is 9.13 Å². The Morgan fingerprint density at radius 1 is 0.548 bits per heavy atom. The molecule has 184 valence electrons. The first-order valence-electron chi connectivity index (χ1n) is 9.23. The molecular formula is C15H28Cl3NO10P2. The lowest BCUT2D eigenvalue weighted by molar-refractivity contribution is 0.0153. The molecule has 0 aliphatic rings. The second kappa shape index (κ2) is 21.1. The van der Waals surface area contributed by atoms with Crippen LogP contribution in [0.4, 0.5) is 0 Å². The predicted molar refractivity (Wildman–Crippen MR) is 115 cm³/mol. The molecule has 31 heavy (non-hydrogen) atoms. The first-order valence-corrected chi connectivity index (χ1v) is 13.8. The van der Waals surface area contributed by atoms with Crippen molar-refractivity contribution >= 4 is 50.4 Å². The average molecular weight is 551 g/mol. The van der Waals surface area contributed by atoms with Crippen LogP contribution in [0, 0.1) is 11.3 Å². The number of hydrogen-bond acceptors (Lipinski definition) is 11. The molecule has 0 fully saturated rings. The van der Waals surface area contributed by atoms with Crippen molar-refractivity contribution in [2.24, 2.45) is 0 Å². The molecule has 16 heteroatoms. The third kappa shape index (κ3) is 18.6. The lowest BCUT2D eigenvalue weighted by Crippen LogP contribution is -2.13. The standard InChI is InChI=1S/C15H28Cl3NO10P2/c16-2-7-25-30(20,24-6-1-5-19)28-14-12-22-10-11-23-13-15-29-31(21,26-8-3-17)27-9-4-18/h1-4,6-15H2. The summed E-state index contributed by atoms with van der Waals surface area (Å²) in [5.41, 5.74) is 0. The smallest absolute Gasteiger partial charge is 0.377 e. The summed E-state index contributed by atoms with van der Waals surface area (Å²) in [4.78, 5) is 0. The maximum absolute atomic E-state index is 12.3. The van der Waals surface area contributed by atoms with Gasteiger partial charge in [0.1, 0.15) is 0 Å². The van der Waals surface area contributed by atoms with E-state index in [0.29, 0.717) is 0 Å². The van der Waals surface area contributed by atoms with Crippen LogP contribution in [-0.4, -0.2) is 83.7 Å². The molecule has 0 saturated carbocycles. The highest BCUT2D eigenvalue weighted by molar-refractivity contribution is 7.48. The molecule has 11 nitrogen and oxygen atoms in total. The van der Waals surface area contributed by atoms with Gasteiger partial charge in [-0.05, 0) is 0 Å². The molecule has 0 radical (unpaired) electrons. The van der Waals surface area contributed by atoms with E-state index in [1.165, 1.54) is 0 Å². The lowest BCUT2D eigenvalue weighted by Gasteiger charge is -2.17. The van der Waals surface area contributed by atoms with Gasteiger partial charge in [-0.1, -0.05) is 0 Å². The van der Waals surface area contributed by atoms with Gasteiger partial charge in [0, 0.05) is 17.6 Å². The molecule has 0 aromatic carbocycles. The zero-order valence-electron chi connectivity index (χ0n) is 17.0. The molecule has 1 unspecified atom stereocenters. The zero-order chi connectivity index (χ0) is 23.3. The number of nitrogens with zero attached hydrogens (tertiary/aromatic N) is 1. The Balaban J connectivity index is 3.90. The third-order valence-corrected chi connectivity index (χ3v) is 6.22. The Kier molecular flexibility index (Phi) is 21.4. The highest BCUT2D eigenvalue weighted by Crippen LogP contribution is 2.50. The van der Waals surface area contributed by atoms with Crippen LogP contribution in [0.1, 0.15) is 6.42 Å². The molecular weight excluding hydrogens is 522 g/mol. The number of phosphoric ester groups is 2. The summed E-state index contributed by atoms with van der Waals surface area (Å²) in [7, 11) is -7.53. The van der Waals surface area contributed by atoms with E-state index in [0.717, 1.165) is 0 Å². The van der Waals surface area contributed by atoms with Crippen molar-refractivity contribution in [3.8, 4) is 6.07 Å².